The summed E-state index contributed by atoms with van der Waals surface area (Å²) in [6.45, 7) is 0. The van der Waals surface area contributed by atoms with Gasteiger partial charge in [0.1, 0.15) is 22.4 Å². The number of pyridine rings is 1. The Kier molecular flexibility index (Phi) is 3.20. The number of aromatic carboxylic acids is 1. The monoisotopic (exact) mass is 402 g/mol. The number of nitrogens with zero attached hydrogens (tertiary/aromatic N) is 4. The van der Waals surface area contributed by atoms with Gasteiger partial charge in [-0.25, -0.2) is 19.2 Å². The topological polar surface area (TPSA) is 90.0 Å². The summed E-state index contributed by atoms with van der Waals surface area (Å²) < 4.78 is 18.7. The average Bonchev–Trinajstić information content (AvgIpc) is 3.53. The first-order valence-electron chi connectivity index (χ1n) is 9.61. The van der Waals surface area contributed by atoms with Crippen LogP contribution in [0.2, 0.25) is 0 Å². The highest BCUT2D eigenvalue weighted by Gasteiger charge is 2.29. The van der Waals surface area contributed by atoms with Gasteiger partial charge >= 0.3 is 5.97 Å². The third kappa shape index (κ3) is 2.13. The minimum Gasteiger partial charge on any atom is -0.477 e. The number of carboxylic acid groups (broad SMARTS) is 1. The number of benzene rings is 2. The van der Waals surface area contributed by atoms with E-state index in [4.69, 9.17) is 4.98 Å². The molecule has 0 bridgehead atoms. The lowest BCUT2D eigenvalue weighted by atomic mass is 10.1. The van der Waals surface area contributed by atoms with Crippen LogP contribution in [0, 0.1) is 5.82 Å². The lowest BCUT2D eigenvalue weighted by Crippen LogP contribution is -2.20. The summed E-state index contributed by atoms with van der Waals surface area (Å²) >= 11 is 0. The summed E-state index contributed by atoms with van der Waals surface area (Å²) in [5, 5.41) is 10.1. The normalized spacial score (nSPS) is 14.3. The number of hydrogen-bond acceptors (Lipinski definition) is 4. The fourth-order valence-corrected chi connectivity index (χ4v) is 4.29. The van der Waals surface area contributed by atoms with E-state index in [2.05, 4.69) is 4.98 Å². The third-order valence-corrected chi connectivity index (χ3v) is 5.87. The van der Waals surface area contributed by atoms with Gasteiger partial charge in [-0.2, -0.15) is 0 Å². The van der Waals surface area contributed by atoms with Crippen molar-refractivity contribution in [1.82, 2.24) is 19.1 Å². The van der Waals surface area contributed by atoms with E-state index in [1.165, 1.54) is 12.3 Å². The highest BCUT2D eigenvalue weighted by Crippen LogP contribution is 2.39. The maximum absolute atomic E-state index is 15.1. The van der Waals surface area contributed by atoms with Crippen molar-refractivity contribution in [2.75, 3.05) is 0 Å². The number of aryl methyl sites for hydroxylation is 1. The highest BCUT2D eigenvalue weighted by atomic mass is 19.1. The lowest BCUT2D eigenvalue weighted by Gasteiger charge is -2.14. The smallest absolute Gasteiger partial charge is 0.341 e. The van der Waals surface area contributed by atoms with Crippen LogP contribution < -0.4 is 5.43 Å². The number of aromatic nitrogens is 4. The molecule has 0 spiro atoms. The molecule has 0 amide bonds. The number of para-hydroxylation sites is 1. The predicted octanol–water partition coefficient (Wildman–Crippen LogP) is 3.76. The van der Waals surface area contributed by atoms with Gasteiger partial charge in [-0.05, 0) is 18.9 Å². The Hall–Kier alpha value is -3.81. The summed E-state index contributed by atoms with van der Waals surface area (Å²) in [6.07, 6.45) is 2.98. The molecule has 1 aliphatic carbocycles. The van der Waals surface area contributed by atoms with E-state index < -0.39 is 22.8 Å². The van der Waals surface area contributed by atoms with Crippen molar-refractivity contribution >= 4 is 50.0 Å². The highest BCUT2D eigenvalue weighted by molar-refractivity contribution is 6.10. The molecule has 0 atom stereocenters. The molecule has 5 aromatic rings. The summed E-state index contributed by atoms with van der Waals surface area (Å²) in [6, 6.07) is 8.93. The summed E-state index contributed by atoms with van der Waals surface area (Å²) in [7, 11) is 1.88. The molecule has 3 aromatic heterocycles. The molecule has 1 saturated carbocycles. The number of fused-ring (bicyclic) bond motifs is 6. The molecule has 0 radical (unpaired) electrons. The molecule has 8 heteroatoms. The second-order valence-corrected chi connectivity index (χ2v) is 7.74. The zero-order valence-corrected chi connectivity index (χ0v) is 15.9. The zero-order chi connectivity index (χ0) is 20.7. The molecular weight excluding hydrogens is 387 g/mol. The van der Waals surface area contributed by atoms with Crippen LogP contribution in [-0.2, 0) is 7.05 Å². The van der Waals surface area contributed by atoms with Crippen molar-refractivity contribution in [2.45, 2.75) is 18.9 Å². The van der Waals surface area contributed by atoms with Crippen LogP contribution >= 0.6 is 0 Å². The first kappa shape index (κ1) is 17.1. The van der Waals surface area contributed by atoms with Crippen molar-refractivity contribution in [3.05, 3.63) is 58.1 Å². The summed E-state index contributed by atoms with van der Waals surface area (Å²) in [4.78, 5) is 33.9. The molecule has 1 aliphatic rings. The molecule has 3 heterocycles. The number of halogens is 1. The quantitative estimate of drug-likeness (QED) is 0.454. The Labute approximate surface area is 168 Å². The Bertz CT molecular complexity index is 1630. The first-order chi connectivity index (χ1) is 14.5. The minimum absolute atomic E-state index is 0.0150. The molecule has 7 nitrogen and oxygen atoms in total. The minimum atomic E-state index is -1.37. The maximum atomic E-state index is 15.1. The van der Waals surface area contributed by atoms with Crippen molar-refractivity contribution in [3.8, 4) is 0 Å². The van der Waals surface area contributed by atoms with E-state index in [9.17, 15) is 14.7 Å². The summed E-state index contributed by atoms with van der Waals surface area (Å²) in [5.74, 6) is -2.15. The van der Waals surface area contributed by atoms with Gasteiger partial charge in [0, 0.05) is 30.7 Å². The number of rotatable bonds is 2. The second kappa shape index (κ2) is 5.63. The van der Waals surface area contributed by atoms with Crippen LogP contribution in [0.25, 0.3) is 44.0 Å². The van der Waals surface area contributed by atoms with Crippen LogP contribution in [0.3, 0.4) is 0 Å². The molecular formula is C22H15FN4O3. The van der Waals surface area contributed by atoms with E-state index in [-0.39, 0.29) is 11.4 Å². The molecule has 0 aliphatic heterocycles. The van der Waals surface area contributed by atoms with E-state index in [1.54, 1.807) is 4.57 Å². The Morgan fingerprint density at radius 3 is 2.70 bits per heavy atom. The standard InChI is InChI=1S/C22H15FN4O3/c1-26-15-5-3-2-4-11(15)17-21(26)24-14-8-13(23)16-19(18(14)25-17)27(10-6-7-10)9-12(20(16)28)22(29)30/h2-5,8-10H,6-7H2,1H3,(H,29,30). The molecule has 6 rings (SSSR count). The number of hydrogen-bond donors (Lipinski definition) is 1. The van der Waals surface area contributed by atoms with E-state index in [1.807, 2.05) is 35.9 Å². The molecule has 2 aromatic carbocycles. The Balaban J connectivity index is 1.88. The second-order valence-electron chi connectivity index (χ2n) is 7.74. The van der Waals surface area contributed by atoms with Crippen molar-refractivity contribution in [3.63, 3.8) is 0 Å². The fourth-order valence-electron chi connectivity index (χ4n) is 4.29. The van der Waals surface area contributed by atoms with Gasteiger partial charge < -0.3 is 14.2 Å². The van der Waals surface area contributed by atoms with E-state index >= 15 is 4.39 Å². The van der Waals surface area contributed by atoms with Crippen LogP contribution in [0.1, 0.15) is 29.2 Å². The molecule has 1 N–H and O–H groups in total. The van der Waals surface area contributed by atoms with Crippen LogP contribution in [0.5, 0.6) is 0 Å². The molecule has 1 fully saturated rings. The Morgan fingerprint density at radius 2 is 1.97 bits per heavy atom. The predicted molar refractivity (Wildman–Crippen MR) is 110 cm³/mol. The number of carboxylic acids is 1. The fraction of sp³-hybridized carbons (Fsp3) is 0.182. The van der Waals surface area contributed by atoms with E-state index in [0.29, 0.717) is 27.7 Å². The lowest BCUT2D eigenvalue weighted by molar-refractivity contribution is 0.0695. The molecule has 0 saturated heterocycles. The molecule has 0 unspecified atom stereocenters. The van der Waals surface area contributed by atoms with Gasteiger partial charge in [0.15, 0.2) is 5.65 Å². The van der Waals surface area contributed by atoms with Crippen molar-refractivity contribution in [1.29, 1.82) is 0 Å². The zero-order valence-electron chi connectivity index (χ0n) is 15.9. The molecule has 30 heavy (non-hydrogen) atoms. The van der Waals surface area contributed by atoms with Crippen molar-refractivity contribution < 1.29 is 14.3 Å². The Morgan fingerprint density at radius 1 is 1.20 bits per heavy atom. The first-order valence-corrected chi connectivity index (χ1v) is 9.61. The van der Waals surface area contributed by atoms with Gasteiger partial charge in [0.2, 0.25) is 5.43 Å². The van der Waals surface area contributed by atoms with Gasteiger partial charge in [0.05, 0.1) is 21.9 Å². The summed E-state index contributed by atoms with van der Waals surface area (Å²) in [5.41, 5.74) is 1.98. The van der Waals surface area contributed by atoms with Gasteiger partial charge in [-0.15, -0.1) is 0 Å². The van der Waals surface area contributed by atoms with Crippen LogP contribution in [-0.4, -0.2) is 30.2 Å². The molecule has 148 valence electrons. The van der Waals surface area contributed by atoms with Gasteiger partial charge in [0.25, 0.3) is 0 Å². The van der Waals surface area contributed by atoms with Gasteiger partial charge in [-0.1, -0.05) is 18.2 Å². The third-order valence-electron chi connectivity index (χ3n) is 5.87. The number of carbonyl (C=O) groups is 1. The van der Waals surface area contributed by atoms with Crippen LogP contribution in [0.4, 0.5) is 4.39 Å². The van der Waals surface area contributed by atoms with Gasteiger partial charge in [-0.3, -0.25) is 4.79 Å². The largest absolute Gasteiger partial charge is 0.477 e. The maximum Gasteiger partial charge on any atom is 0.341 e. The van der Waals surface area contributed by atoms with Crippen LogP contribution in [0.15, 0.2) is 41.3 Å². The average molecular weight is 402 g/mol. The van der Waals surface area contributed by atoms with Crippen molar-refractivity contribution in [2.24, 2.45) is 7.05 Å². The SMILES string of the molecule is Cn1c2ccccc2c2nc3c(cc(F)c4c(=O)c(C(=O)O)cn(C5CC5)c43)nc21. The van der Waals surface area contributed by atoms with E-state index in [0.717, 1.165) is 23.7 Å².